The maximum Gasteiger partial charge on any atom is 0.258 e. The monoisotopic (exact) mass is 669 g/mol. The highest BCUT2D eigenvalue weighted by atomic mass is 32.2. The van der Waals surface area contributed by atoms with Crippen LogP contribution < -0.4 is 24.4 Å². The van der Waals surface area contributed by atoms with Crippen molar-refractivity contribution in [1.82, 2.24) is 20.5 Å². The van der Waals surface area contributed by atoms with Crippen LogP contribution in [0.2, 0.25) is 0 Å². The predicted molar refractivity (Wildman–Crippen MR) is 179 cm³/mol. The number of aromatic nitrogens is 1. The van der Waals surface area contributed by atoms with Gasteiger partial charge in [-0.15, -0.1) is 0 Å². The van der Waals surface area contributed by atoms with Gasteiger partial charge in [0.15, 0.2) is 6.61 Å². The Morgan fingerprint density at radius 1 is 0.938 bits per heavy atom. The first kappa shape index (κ1) is 32.5. The summed E-state index contributed by atoms with van der Waals surface area (Å²) in [6.07, 6.45) is 4.22. The number of sulfonamides is 1. The maximum absolute atomic E-state index is 13.7. The van der Waals surface area contributed by atoms with Crippen molar-refractivity contribution >= 4 is 33.4 Å². The molecular weight excluding hydrogens is 634 g/mol. The first-order valence-electron chi connectivity index (χ1n) is 15.4. The molecule has 0 radical (unpaired) electrons. The zero-order valence-electron chi connectivity index (χ0n) is 26.5. The van der Waals surface area contributed by atoms with Crippen LogP contribution in [0.15, 0.2) is 91.3 Å². The van der Waals surface area contributed by atoms with E-state index in [0.29, 0.717) is 53.4 Å². The second kappa shape index (κ2) is 13.7. The lowest BCUT2D eigenvalue weighted by Crippen LogP contribution is -2.58. The third kappa shape index (κ3) is 7.58. The molecule has 3 aliphatic heterocycles. The summed E-state index contributed by atoms with van der Waals surface area (Å²) in [5.41, 5.74) is 3.47. The number of hydrogen-bond donors (Lipinski definition) is 2. The number of ether oxygens (including phenoxy) is 2. The minimum atomic E-state index is -3.45. The molecule has 12 nitrogen and oxygen atoms in total. The Kier molecular flexibility index (Phi) is 9.30. The van der Waals surface area contributed by atoms with E-state index in [4.69, 9.17) is 9.47 Å². The maximum atomic E-state index is 13.7. The van der Waals surface area contributed by atoms with E-state index in [1.807, 2.05) is 18.2 Å². The Hall–Kier alpha value is -5.43. The Balaban J connectivity index is 1.27. The van der Waals surface area contributed by atoms with Gasteiger partial charge in [0.1, 0.15) is 17.6 Å². The molecule has 3 amide bonds. The average molecular weight is 670 g/mol. The molecule has 2 atom stereocenters. The zero-order valence-corrected chi connectivity index (χ0v) is 27.3. The van der Waals surface area contributed by atoms with E-state index in [0.717, 1.165) is 21.7 Å². The van der Waals surface area contributed by atoms with Gasteiger partial charge in [-0.2, -0.15) is 0 Å². The standard InChI is InChI=1S/C35H35N5O7S/c1-39(48(2,44)45)28-10-8-24(9-11-28)35(43)40-15-14-32-31(21-40)38-34(42)27-16-26(19-36-20-27)25-4-3-5-30(17-25)46-22-33(41)37-18-23-6-12-29(47-32)13-7-23/h3-13,16-17,19-20,31-32H,14-15,18,21-22H2,1-2H3,(H,37,41)(H,38,42)/t31-,32+/m1/s1. The van der Waals surface area contributed by atoms with E-state index in [1.165, 1.54) is 13.2 Å². The zero-order chi connectivity index (χ0) is 33.8. The van der Waals surface area contributed by atoms with Gasteiger partial charge in [0.25, 0.3) is 17.7 Å². The van der Waals surface area contributed by atoms with Crippen LogP contribution in [0.4, 0.5) is 5.69 Å². The van der Waals surface area contributed by atoms with Gasteiger partial charge in [-0.1, -0.05) is 24.3 Å². The van der Waals surface area contributed by atoms with Gasteiger partial charge in [-0.05, 0) is 65.7 Å². The van der Waals surface area contributed by atoms with Gasteiger partial charge in [0.2, 0.25) is 10.0 Å². The minimum Gasteiger partial charge on any atom is -0.488 e. The summed E-state index contributed by atoms with van der Waals surface area (Å²) in [5.74, 6) is 0.191. The molecule has 6 bridgehead atoms. The van der Waals surface area contributed by atoms with Crippen LogP contribution in [-0.2, 0) is 21.4 Å². The fourth-order valence-electron chi connectivity index (χ4n) is 5.58. The SMILES string of the molecule is CN(c1ccc(C(=O)N2CC[C@@H]3Oc4ccc(cc4)CNC(=O)COc4cccc(c4)-c4cncc(c4)C(=O)N[C@@H]3C2)cc1)S(C)(=O)=O. The highest BCUT2D eigenvalue weighted by Gasteiger charge is 2.35. The third-order valence-corrected chi connectivity index (χ3v) is 9.57. The Labute approximate surface area is 278 Å². The van der Waals surface area contributed by atoms with Gasteiger partial charge in [0, 0.05) is 56.6 Å². The third-order valence-electron chi connectivity index (χ3n) is 8.37. The topological polar surface area (TPSA) is 147 Å². The van der Waals surface area contributed by atoms with Gasteiger partial charge in [0.05, 0.1) is 23.5 Å². The first-order valence-corrected chi connectivity index (χ1v) is 17.2. The summed E-state index contributed by atoms with van der Waals surface area (Å²) < 4.78 is 37.1. The Morgan fingerprint density at radius 2 is 1.69 bits per heavy atom. The number of benzene rings is 3. The molecule has 1 aromatic heterocycles. The number of likely N-dealkylation sites (tertiary alicyclic amines) is 1. The number of nitrogens with zero attached hydrogens (tertiary/aromatic N) is 3. The van der Waals surface area contributed by atoms with Gasteiger partial charge >= 0.3 is 0 Å². The lowest BCUT2D eigenvalue weighted by molar-refractivity contribution is -0.123. The number of carbonyl (C=O) groups is 3. The molecule has 4 heterocycles. The largest absolute Gasteiger partial charge is 0.488 e. The number of nitrogens with one attached hydrogen (secondary N) is 2. The van der Waals surface area contributed by atoms with Gasteiger partial charge in [-0.3, -0.25) is 23.7 Å². The van der Waals surface area contributed by atoms with Crippen LogP contribution >= 0.6 is 0 Å². The molecule has 248 valence electrons. The van der Waals surface area contributed by atoms with Crippen molar-refractivity contribution in [2.24, 2.45) is 0 Å². The number of anilines is 1. The van der Waals surface area contributed by atoms with Crippen molar-refractivity contribution in [2.75, 3.05) is 37.3 Å². The molecule has 0 saturated carbocycles. The van der Waals surface area contributed by atoms with Crippen molar-refractivity contribution in [3.63, 3.8) is 0 Å². The van der Waals surface area contributed by atoms with E-state index >= 15 is 0 Å². The molecule has 1 saturated heterocycles. The fraction of sp³-hybridized carbons (Fsp3) is 0.257. The molecule has 0 spiro atoms. The molecule has 0 unspecified atom stereocenters. The van der Waals surface area contributed by atoms with Crippen molar-refractivity contribution in [2.45, 2.75) is 25.1 Å². The highest BCUT2D eigenvalue weighted by Crippen LogP contribution is 2.26. The molecule has 4 aromatic rings. The lowest BCUT2D eigenvalue weighted by atomic mass is 9.99. The molecule has 13 heteroatoms. The summed E-state index contributed by atoms with van der Waals surface area (Å²) in [4.78, 5) is 45.7. The van der Waals surface area contributed by atoms with Gasteiger partial charge in [-0.25, -0.2) is 8.42 Å². The molecule has 2 N–H and O–H groups in total. The molecule has 7 rings (SSSR count). The van der Waals surface area contributed by atoms with E-state index in [2.05, 4.69) is 15.6 Å². The number of carbonyl (C=O) groups excluding carboxylic acids is 3. The quantitative estimate of drug-likeness (QED) is 0.338. The van der Waals surface area contributed by atoms with E-state index in [9.17, 15) is 22.8 Å². The molecular formula is C35H35N5O7S. The van der Waals surface area contributed by atoms with Crippen LogP contribution in [0.3, 0.4) is 0 Å². The smallest absolute Gasteiger partial charge is 0.258 e. The number of pyridine rings is 1. The minimum absolute atomic E-state index is 0.153. The first-order chi connectivity index (χ1) is 23.0. The number of hydrogen-bond acceptors (Lipinski definition) is 8. The van der Waals surface area contributed by atoms with Crippen molar-refractivity contribution in [1.29, 1.82) is 0 Å². The van der Waals surface area contributed by atoms with Crippen LogP contribution in [0, 0.1) is 0 Å². The molecule has 0 aliphatic carbocycles. The van der Waals surface area contributed by atoms with E-state index < -0.39 is 22.2 Å². The summed E-state index contributed by atoms with van der Waals surface area (Å²) in [7, 11) is -2.00. The van der Waals surface area contributed by atoms with E-state index in [-0.39, 0.29) is 30.9 Å². The van der Waals surface area contributed by atoms with Crippen LogP contribution in [0.1, 0.15) is 32.7 Å². The predicted octanol–water partition coefficient (Wildman–Crippen LogP) is 3.25. The molecule has 3 aromatic carbocycles. The number of amides is 3. The Morgan fingerprint density at radius 3 is 2.44 bits per heavy atom. The number of rotatable bonds is 3. The van der Waals surface area contributed by atoms with Crippen molar-refractivity contribution in [3.05, 3.63) is 108 Å². The summed E-state index contributed by atoms with van der Waals surface area (Å²) in [5, 5.41) is 5.95. The molecule has 1 fully saturated rings. The summed E-state index contributed by atoms with van der Waals surface area (Å²) in [6.45, 7) is 0.711. The number of fused-ring (bicyclic) bond motifs is 7. The highest BCUT2D eigenvalue weighted by molar-refractivity contribution is 7.92. The van der Waals surface area contributed by atoms with Crippen LogP contribution in [0.25, 0.3) is 11.1 Å². The normalized spacial score (nSPS) is 18.3. The molecule has 48 heavy (non-hydrogen) atoms. The van der Waals surface area contributed by atoms with Crippen LogP contribution in [0.5, 0.6) is 11.5 Å². The number of piperidine rings is 1. The second-order valence-corrected chi connectivity index (χ2v) is 13.8. The summed E-state index contributed by atoms with van der Waals surface area (Å²) in [6, 6.07) is 22.0. The van der Waals surface area contributed by atoms with Crippen molar-refractivity contribution in [3.8, 4) is 22.6 Å². The van der Waals surface area contributed by atoms with Crippen molar-refractivity contribution < 1.29 is 32.3 Å². The fourth-order valence-corrected chi connectivity index (χ4v) is 6.09. The average Bonchev–Trinajstić information content (AvgIpc) is 3.10. The van der Waals surface area contributed by atoms with E-state index in [1.54, 1.807) is 71.8 Å². The second-order valence-electron chi connectivity index (χ2n) is 11.8. The molecule has 3 aliphatic rings. The Bertz CT molecular complexity index is 1930. The summed E-state index contributed by atoms with van der Waals surface area (Å²) >= 11 is 0. The van der Waals surface area contributed by atoms with Gasteiger partial charge < -0.3 is 25.0 Å². The lowest BCUT2D eigenvalue weighted by Gasteiger charge is -2.39. The van der Waals surface area contributed by atoms with Crippen LogP contribution in [-0.4, -0.2) is 81.2 Å².